The van der Waals surface area contributed by atoms with Crippen molar-refractivity contribution in [3.05, 3.63) is 64.5 Å². The van der Waals surface area contributed by atoms with Crippen molar-refractivity contribution in [2.24, 2.45) is 0 Å². The Morgan fingerprint density at radius 2 is 1.74 bits per heavy atom. The molecule has 0 aliphatic heterocycles. The van der Waals surface area contributed by atoms with Crippen LogP contribution in [0.15, 0.2) is 53.7 Å². The van der Waals surface area contributed by atoms with E-state index in [1.165, 1.54) is 42.5 Å². The van der Waals surface area contributed by atoms with E-state index in [1.807, 2.05) is 0 Å². The van der Waals surface area contributed by atoms with Crippen LogP contribution >= 0.6 is 23.2 Å². The van der Waals surface area contributed by atoms with Gasteiger partial charge in [-0.2, -0.15) is 4.73 Å². The molecule has 1 heterocycles. The third-order valence-electron chi connectivity index (χ3n) is 2.48. The fraction of sp³-hybridized carbons (Fsp3) is 0.0833. The molecule has 0 spiro atoms. The van der Waals surface area contributed by atoms with Gasteiger partial charge in [0.1, 0.15) is 0 Å². The van der Waals surface area contributed by atoms with Gasteiger partial charge in [0.2, 0.25) is 0 Å². The molecular weight excluding hydrogens is 309 g/mol. The molecule has 2 rings (SSSR count). The van der Waals surface area contributed by atoms with Crippen molar-refractivity contribution in [1.82, 2.24) is 0 Å². The van der Waals surface area contributed by atoms with E-state index in [0.717, 1.165) is 6.20 Å². The van der Waals surface area contributed by atoms with E-state index in [4.69, 9.17) is 23.2 Å². The van der Waals surface area contributed by atoms with Gasteiger partial charge in [0.05, 0.1) is 0 Å². The predicted octanol–water partition coefficient (Wildman–Crippen LogP) is 2.68. The van der Waals surface area contributed by atoms with Crippen molar-refractivity contribution in [2.75, 3.05) is 0 Å². The number of halogens is 2. The number of hydrogen-bond donors (Lipinski definition) is 0. The maximum atomic E-state index is 12.3. The van der Waals surface area contributed by atoms with Crippen LogP contribution in [0.25, 0.3) is 0 Å². The zero-order valence-corrected chi connectivity index (χ0v) is 11.9. The highest BCUT2D eigenvalue weighted by Crippen LogP contribution is 2.31. The van der Waals surface area contributed by atoms with Crippen LogP contribution in [0.2, 0.25) is 5.02 Å². The summed E-state index contributed by atoms with van der Waals surface area (Å²) in [5, 5.41) is 11.6. The summed E-state index contributed by atoms with van der Waals surface area (Å²) in [5.74, 6) is 0. The van der Waals surface area contributed by atoms with Crippen molar-refractivity contribution in [1.29, 1.82) is 0 Å². The highest BCUT2D eigenvalue weighted by molar-refractivity contribution is 7.92. The Bertz CT molecular complexity index is 686. The molecule has 1 atom stereocenters. The van der Waals surface area contributed by atoms with Crippen LogP contribution in [0, 0.1) is 5.21 Å². The average Bonchev–Trinajstić information content (AvgIpc) is 2.39. The molecule has 0 amide bonds. The summed E-state index contributed by atoms with van der Waals surface area (Å²) in [6, 6.07) is 10.2. The molecule has 0 aliphatic rings. The Kier molecular flexibility index (Phi) is 3.99. The predicted molar refractivity (Wildman–Crippen MR) is 72.6 cm³/mol. The number of sulfone groups is 1. The Morgan fingerprint density at radius 1 is 1.11 bits per heavy atom. The lowest BCUT2D eigenvalue weighted by Crippen LogP contribution is -2.34. The smallest absolute Gasteiger partial charge is 0.310 e. The lowest BCUT2D eigenvalue weighted by atomic mass is 10.2. The van der Waals surface area contributed by atoms with Crippen molar-refractivity contribution >= 4 is 33.0 Å². The molecule has 1 aromatic heterocycles. The van der Waals surface area contributed by atoms with E-state index in [2.05, 4.69) is 0 Å². The standard InChI is InChI=1S/C12H9Cl2NO3S/c13-10-6-4-9(5-7-10)12(14)19(17,18)11-3-1-2-8-15(11)16/h1-8,12H. The molecule has 100 valence electrons. The summed E-state index contributed by atoms with van der Waals surface area (Å²) in [5.41, 5.74) is 0.356. The molecule has 1 aromatic carbocycles. The van der Waals surface area contributed by atoms with Crippen molar-refractivity contribution in [3.8, 4) is 0 Å². The molecule has 0 N–H and O–H groups in total. The first-order valence-corrected chi connectivity index (χ1v) is 7.60. The van der Waals surface area contributed by atoms with Crippen LogP contribution in [0.5, 0.6) is 0 Å². The first kappa shape index (κ1) is 14.1. The number of alkyl halides is 1. The zero-order chi connectivity index (χ0) is 14.0. The monoisotopic (exact) mass is 317 g/mol. The molecule has 1 unspecified atom stereocenters. The molecule has 19 heavy (non-hydrogen) atoms. The van der Waals surface area contributed by atoms with Crippen molar-refractivity contribution in [3.63, 3.8) is 0 Å². The summed E-state index contributed by atoms with van der Waals surface area (Å²) in [7, 11) is -3.96. The SMILES string of the molecule is O=S(=O)(c1cccc[n+]1[O-])C(Cl)c1ccc(Cl)cc1. The summed E-state index contributed by atoms with van der Waals surface area (Å²) in [4.78, 5) is 0. The summed E-state index contributed by atoms with van der Waals surface area (Å²) in [6.07, 6.45) is 1.11. The van der Waals surface area contributed by atoms with Crippen LogP contribution in [-0.2, 0) is 9.84 Å². The van der Waals surface area contributed by atoms with Gasteiger partial charge < -0.3 is 5.21 Å². The molecule has 4 nitrogen and oxygen atoms in total. The van der Waals surface area contributed by atoms with E-state index in [9.17, 15) is 13.6 Å². The molecule has 2 aromatic rings. The second-order valence-electron chi connectivity index (χ2n) is 3.78. The number of aromatic nitrogens is 1. The van der Waals surface area contributed by atoms with E-state index >= 15 is 0 Å². The van der Waals surface area contributed by atoms with Gasteiger partial charge in [0, 0.05) is 17.2 Å². The number of hydrogen-bond acceptors (Lipinski definition) is 3. The second kappa shape index (κ2) is 5.36. The number of benzene rings is 1. The molecule has 0 saturated heterocycles. The molecule has 7 heteroatoms. The van der Waals surface area contributed by atoms with Gasteiger partial charge in [-0.15, -0.1) is 0 Å². The fourth-order valence-electron chi connectivity index (χ4n) is 1.53. The summed E-state index contributed by atoms with van der Waals surface area (Å²) in [6.45, 7) is 0. The van der Waals surface area contributed by atoms with E-state index in [1.54, 1.807) is 0 Å². The lowest BCUT2D eigenvalue weighted by Gasteiger charge is -2.11. The summed E-state index contributed by atoms with van der Waals surface area (Å²) >= 11 is 11.7. The van der Waals surface area contributed by atoms with Crippen LogP contribution in [0.1, 0.15) is 10.3 Å². The minimum absolute atomic E-state index is 0.278. The Hall–Kier alpha value is -1.30. The van der Waals surface area contributed by atoms with Gasteiger partial charge in [-0.25, -0.2) is 8.42 Å². The highest BCUT2D eigenvalue weighted by atomic mass is 35.5. The fourth-order valence-corrected chi connectivity index (χ4v) is 3.38. The first-order chi connectivity index (χ1) is 8.93. The zero-order valence-electron chi connectivity index (χ0n) is 9.53. The van der Waals surface area contributed by atoms with Gasteiger partial charge in [0.15, 0.2) is 10.9 Å². The minimum Gasteiger partial charge on any atom is -0.618 e. The molecule has 0 bridgehead atoms. The van der Waals surface area contributed by atoms with Crippen LogP contribution in [0.3, 0.4) is 0 Å². The van der Waals surface area contributed by atoms with E-state index in [-0.39, 0.29) is 9.76 Å². The number of pyridine rings is 1. The molecule has 0 radical (unpaired) electrons. The third kappa shape index (κ3) is 2.83. The minimum atomic E-state index is -3.96. The van der Waals surface area contributed by atoms with Crippen LogP contribution < -0.4 is 4.73 Å². The normalized spacial score (nSPS) is 13.2. The highest BCUT2D eigenvalue weighted by Gasteiger charge is 2.33. The van der Waals surface area contributed by atoms with Crippen molar-refractivity contribution < 1.29 is 13.1 Å². The summed E-state index contributed by atoms with van der Waals surface area (Å²) < 4.78 is 23.4. The average molecular weight is 318 g/mol. The molecule has 0 aliphatic carbocycles. The van der Waals surface area contributed by atoms with Gasteiger partial charge in [0.25, 0.3) is 9.84 Å². The molecule has 0 fully saturated rings. The largest absolute Gasteiger partial charge is 0.618 e. The quantitative estimate of drug-likeness (QED) is 0.496. The Balaban J connectivity index is 2.45. The Labute approximate surface area is 120 Å². The van der Waals surface area contributed by atoms with Gasteiger partial charge >= 0.3 is 5.03 Å². The topological polar surface area (TPSA) is 61.1 Å². The van der Waals surface area contributed by atoms with Crippen LogP contribution in [0.4, 0.5) is 0 Å². The number of nitrogens with zero attached hydrogens (tertiary/aromatic N) is 1. The second-order valence-corrected chi connectivity index (χ2v) is 6.89. The maximum absolute atomic E-state index is 12.3. The molecular formula is C12H9Cl2NO3S. The first-order valence-electron chi connectivity index (χ1n) is 5.24. The number of rotatable bonds is 3. The van der Waals surface area contributed by atoms with Gasteiger partial charge in [-0.05, 0) is 23.8 Å². The van der Waals surface area contributed by atoms with E-state index < -0.39 is 14.5 Å². The third-order valence-corrected chi connectivity index (χ3v) is 5.41. The van der Waals surface area contributed by atoms with Crippen LogP contribution in [-0.4, -0.2) is 8.42 Å². The van der Waals surface area contributed by atoms with Gasteiger partial charge in [-0.1, -0.05) is 35.3 Å². The van der Waals surface area contributed by atoms with Crippen molar-refractivity contribution in [2.45, 2.75) is 9.74 Å². The maximum Gasteiger partial charge on any atom is 0.310 e. The lowest BCUT2D eigenvalue weighted by molar-refractivity contribution is -0.646. The molecule has 0 saturated carbocycles. The Morgan fingerprint density at radius 3 is 2.32 bits per heavy atom. The van der Waals surface area contributed by atoms with E-state index in [0.29, 0.717) is 10.6 Å². The van der Waals surface area contributed by atoms with Gasteiger partial charge in [-0.3, -0.25) is 0 Å².